The summed E-state index contributed by atoms with van der Waals surface area (Å²) in [5.41, 5.74) is 26.7. The maximum Gasteiger partial charge on any atom is 0.163 e. The third kappa shape index (κ3) is 16.7. The van der Waals surface area contributed by atoms with Crippen LogP contribution in [0.15, 0.2) is 186 Å². The molecule has 6 aromatic carbocycles. The van der Waals surface area contributed by atoms with E-state index in [2.05, 4.69) is 143 Å². The van der Waals surface area contributed by atoms with Crippen LogP contribution in [0.3, 0.4) is 0 Å². The van der Waals surface area contributed by atoms with Gasteiger partial charge in [-0.05, 0) is 140 Å². The summed E-state index contributed by atoms with van der Waals surface area (Å²) < 4.78 is 0. The molecule has 0 aliphatic heterocycles. The topological polar surface area (TPSA) is 139 Å². The third-order valence-electron chi connectivity index (χ3n) is 10.5. The third-order valence-corrected chi connectivity index (χ3v) is 10.5. The average Bonchev–Trinajstić information content (AvgIpc) is 3.72. The fourth-order valence-electron chi connectivity index (χ4n) is 7.46. The minimum absolute atomic E-state index is 0.00140. The van der Waals surface area contributed by atoms with Crippen LogP contribution < -0.4 is 17.2 Å². The summed E-state index contributed by atoms with van der Waals surface area (Å²) in [5, 5.41) is 23.8. The van der Waals surface area contributed by atoms with Crippen LogP contribution in [-0.2, 0) is 17.6 Å². The molecular weight excluding hydrogens is 829 g/mol. The Balaban J connectivity index is 0.000000507. The van der Waals surface area contributed by atoms with E-state index >= 15 is 0 Å². The molecular formula is C59H72N4O2S. The molecule has 7 heteroatoms. The van der Waals surface area contributed by atoms with Crippen molar-refractivity contribution in [3.63, 3.8) is 0 Å². The van der Waals surface area contributed by atoms with Crippen molar-refractivity contribution >= 4 is 61.5 Å². The first-order valence-corrected chi connectivity index (χ1v) is 23.1. The van der Waals surface area contributed by atoms with Gasteiger partial charge in [-0.3, -0.25) is 4.79 Å². The van der Waals surface area contributed by atoms with Crippen molar-refractivity contribution in [1.82, 2.24) is 0 Å². The van der Waals surface area contributed by atoms with E-state index in [9.17, 15) is 9.90 Å². The number of hydrogen-bond donors (Lipinski definition) is 5. The lowest BCUT2D eigenvalue weighted by Gasteiger charge is -2.12. The number of rotatable bonds is 9. The highest BCUT2D eigenvalue weighted by molar-refractivity contribution is 7.80. The van der Waals surface area contributed by atoms with Crippen molar-refractivity contribution in [2.75, 3.05) is 12.8 Å². The highest BCUT2D eigenvalue weighted by Gasteiger charge is 2.25. The van der Waals surface area contributed by atoms with Gasteiger partial charge in [0.2, 0.25) is 0 Å². The van der Waals surface area contributed by atoms with Crippen LogP contribution in [0.1, 0.15) is 96.0 Å². The number of benzene rings is 6. The Morgan fingerprint density at radius 2 is 1.17 bits per heavy atom. The number of fused-ring (bicyclic) bond motifs is 2. The molecule has 0 atom stereocenters. The minimum Gasteiger partial charge on any atom is -0.512 e. The number of aliphatic hydroxyl groups is 1. The number of anilines is 1. The zero-order valence-corrected chi connectivity index (χ0v) is 41.7. The number of nitrogens with two attached hydrogens (primary N) is 3. The van der Waals surface area contributed by atoms with Gasteiger partial charge >= 0.3 is 0 Å². The number of nitrogens with one attached hydrogen (secondary N) is 1. The summed E-state index contributed by atoms with van der Waals surface area (Å²) in [4.78, 5) is 13.3. The molecule has 8 N–H and O–H groups in total. The quantitative estimate of drug-likeness (QED) is 0.0322. The lowest BCUT2D eigenvalue weighted by Crippen LogP contribution is -2.05. The zero-order chi connectivity index (χ0) is 49.2. The lowest BCUT2D eigenvalue weighted by atomic mass is 9.92. The van der Waals surface area contributed by atoms with Gasteiger partial charge in [0.1, 0.15) is 5.76 Å². The standard InChI is InChI=1S/C38H36N2O2.2C8H10.C2H5NS.C2H6.CH5N/c1-23(31-14-6-12-28-13-8-16-34(40)38(28)31)17-18-29-19-20-30(37(29)36(25(3)41)26(4)42)21-22-33(39)32-15-7-11-27-10-5-9-24(2)35(27)32;2*1-2-8-6-4-3-5-7-8;1-2(3)4;2*1-2/h5-18,21-22,39,41H,19-20,40H2,1-4H3;2*3-7H,2H2,1H3;1H3,(H2,3,4);1-2H3;2H2,1H3/b22-21?,23-17+,29-18+,36-25?,39-33?;;;;;. The van der Waals surface area contributed by atoms with E-state index in [-0.39, 0.29) is 11.5 Å². The fraction of sp³-hybridized carbons (Fsp3) is 0.237. The Kier molecular flexibility index (Phi) is 25.0. The lowest BCUT2D eigenvalue weighted by molar-refractivity contribution is -0.113. The van der Waals surface area contributed by atoms with E-state index < -0.39 is 0 Å². The van der Waals surface area contributed by atoms with E-state index in [0.717, 1.165) is 85.5 Å². The summed E-state index contributed by atoms with van der Waals surface area (Å²) in [6.45, 7) is 17.2. The van der Waals surface area contributed by atoms with E-state index in [1.807, 2.05) is 74.5 Å². The maximum atomic E-state index is 12.8. The molecule has 0 radical (unpaired) electrons. The molecule has 0 aromatic heterocycles. The monoisotopic (exact) mass is 901 g/mol. The highest BCUT2D eigenvalue weighted by atomic mass is 32.1. The molecule has 0 unspecified atom stereocenters. The molecule has 7 rings (SSSR count). The van der Waals surface area contributed by atoms with Crippen LogP contribution in [0.4, 0.5) is 5.69 Å². The summed E-state index contributed by atoms with van der Waals surface area (Å²) in [6, 6.07) is 45.2. The first-order valence-electron chi connectivity index (χ1n) is 22.7. The number of thiocarbonyl (C=S) groups is 1. The Morgan fingerprint density at radius 1 is 0.697 bits per heavy atom. The zero-order valence-electron chi connectivity index (χ0n) is 40.8. The molecule has 0 spiro atoms. The number of Topliss-reactive ketones (excluding diaryl/α,β-unsaturated/α-hetero) is 1. The SMILES string of the molecule is CC.CC(=O)C(=C(C)O)C1=C(C=CC(=N)c2cccc3cccc(C)c23)CC/C1=C\C=C(/C)c1cccc2cccc(N)c12.CC(N)=S.CCc1ccccc1.CCc1ccccc1.CN. The minimum atomic E-state index is -0.189. The Bertz CT molecular complexity index is 2610. The molecule has 0 amide bonds. The van der Waals surface area contributed by atoms with Gasteiger partial charge in [-0.2, -0.15) is 0 Å². The molecule has 346 valence electrons. The van der Waals surface area contributed by atoms with Crippen LogP contribution >= 0.6 is 12.2 Å². The average molecular weight is 901 g/mol. The number of hydrogen-bond acceptors (Lipinski definition) is 6. The van der Waals surface area contributed by atoms with Crippen LogP contribution in [0, 0.1) is 12.3 Å². The summed E-state index contributed by atoms with van der Waals surface area (Å²) in [5.74, 6) is -0.190. The van der Waals surface area contributed by atoms with Gasteiger partial charge in [0.25, 0.3) is 0 Å². The highest BCUT2D eigenvalue weighted by Crippen LogP contribution is 2.39. The maximum absolute atomic E-state index is 12.8. The van der Waals surface area contributed by atoms with Crippen molar-refractivity contribution in [2.45, 2.75) is 88.0 Å². The van der Waals surface area contributed by atoms with Crippen molar-refractivity contribution < 1.29 is 9.90 Å². The van der Waals surface area contributed by atoms with E-state index in [0.29, 0.717) is 22.7 Å². The molecule has 6 nitrogen and oxygen atoms in total. The van der Waals surface area contributed by atoms with Gasteiger partial charge in [0.15, 0.2) is 5.78 Å². The summed E-state index contributed by atoms with van der Waals surface area (Å²) >= 11 is 4.31. The molecule has 0 fully saturated rings. The Morgan fingerprint density at radius 3 is 1.64 bits per heavy atom. The number of ketones is 1. The number of carbonyl (C=O) groups is 1. The van der Waals surface area contributed by atoms with Crippen molar-refractivity contribution in [3.8, 4) is 0 Å². The van der Waals surface area contributed by atoms with Gasteiger partial charge in [0, 0.05) is 16.6 Å². The number of carbonyl (C=O) groups excluding carboxylic acids is 1. The van der Waals surface area contributed by atoms with Crippen LogP contribution in [0.5, 0.6) is 0 Å². The molecule has 1 aliphatic carbocycles. The van der Waals surface area contributed by atoms with E-state index in [1.54, 1.807) is 13.8 Å². The molecule has 0 saturated carbocycles. The fourth-order valence-corrected chi connectivity index (χ4v) is 7.46. The molecule has 0 heterocycles. The predicted molar refractivity (Wildman–Crippen MR) is 293 cm³/mol. The number of allylic oxidation sites excluding steroid dienone is 10. The van der Waals surface area contributed by atoms with Crippen molar-refractivity contribution in [1.29, 1.82) is 5.41 Å². The number of aryl methyl sites for hydroxylation is 3. The normalized spacial score (nSPS) is 12.8. The second-order valence-electron chi connectivity index (χ2n) is 15.2. The molecule has 1 aliphatic rings. The first-order chi connectivity index (χ1) is 31.8. The van der Waals surface area contributed by atoms with Crippen LogP contribution in [0.25, 0.3) is 27.1 Å². The number of nitrogen functional groups attached to an aromatic ring is 1. The van der Waals surface area contributed by atoms with Crippen molar-refractivity contribution in [2.24, 2.45) is 11.5 Å². The summed E-state index contributed by atoms with van der Waals surface area (Å²) in [7, 11) is 1.50. The Hall–Kier alpha value is -6.67. The van der Waals surface area contributed by atoms with Gasteiger partial charge < -0.3 is 27.7 Å². The van der Waals surface area contributed by atoms with E-state index in [1.165, 1.54) is 25.1 Å². The van der Waals surface area contributed by atoms with Gasteiger partial charge in [-0.15, -0.1) is 0 Å². The first kappa shape index (κ1) is 55.5. The van der Waals surface area contributed by atoms with Gasteiger partial charge in [0.05, 0.1) is 16.3 Å². The van der Waals surface area contributed by atoms with E-state index in [4.69, 9.17) is 16.9 Å². The van der Waals surface area contributed by atoms with Crippen LogP contribution in [0.2, 0.25) is 0 Å². The molecule has 0 saturated heterocycles. The van der Waals surface area contributed by atoms with Gasteiger partial charge in [-0.1, -0.05) is 186 Å². The summed E-state index contributed by atoms with van der Waals surface area (Å²) in [6.07, 6.45) is 11.6. The Labute approximate surface area is 400 Å². The number of aliphatic hydroxyl groups excluding tert-OH is 1. The van der Waals surface area contributed by atoms with Gasteiger partial charge in [-0.25, -0.2) is 0 Å². The largest absolute Gasteiger partial charge is 0.512 e. The van der Waals surface area contributed by atoms with Crippen molar-refractivity contribution in [3.05, 3.63) is 214 Å². The molecule has 66 heavy (non-hydrogen) atoms. The molecule has 0 bridgehead atoms. The smallest absolute Gasteiger partial charge is 0.163 e. The second-order valence-corrected chi connectivity index (χ2v) is 15.9. The van der Waals surface area contributed by atoms with Crippen LogP contribution in [-0.4, -0.2) is 28.6 Å². The molecule has 6 aromatic rings. The predicted octanol–water partition coefficient (Wildman–Crippen LogP) is 14.7. The second kappa shape index (κ2) is 29.7.